The molecule has 1 aromatic carbocycles. The number of rotatable bonds is 5. The molecule has 0 radical (unpaired) electrons. The molecule has 0 aliphatic carbocycles. The minimum atomic E-state index is -0.375. The summed E-state index contributed by atoms with van der Waals surface area (Å²) in [6.45, 7) is 4.14. The van der Waals surface area contributed by atoms with Crippen molar-refractivity contribution in [3.8, 4) is 5.75 Å². The molecule has 0 saturated carbocycles. The molecule has 0 bridgehead atoms. The van der Waals surface area contributed by atoms with Gasteiger partial charge < -0.3 is 16.2 Å². The van der Waals surface area contributed by atoms with E-state index in [0.29, 0.717) is 13.0 Å². The number of ether oxygens (including phenoxy) is 1. The first-order chi connectivity index (χ1) is 7.54. The Balaban J connectivity index is 2.79. The fourth-order valence-corrected chi connectivity index (χ4v) is 1.56. The summed E-state index contributed by atoms with van der Waals surface area (Å²) in [6, 6.07) is 4.57. The van der Waals surface area contributed by atoms with Crippen LogP contribution in [0.5, 0.6) is 5.75 Å². The summed E-state index contributed by atoms with van der Waals surface area (Å²) in [5.41, 5.74) is 12.3. The van der Waals surface area contributed by atoms with Gasteiger partial charge in [-0.05, 0) is 38.0 Å². The smallest absolute Gasteiger partial charge is 0.165 e. The summed E-state index contributed by atoms with van der Waals surface area (Å²) in [7, 11) is 0. The second-order valence-corrected chi connectivity index (χ2v) is 3.94. The third-order valence-corrected chi connectivity index (χ3v) is 2.31. The van der Waals surface area contributed by atoms with Crippen molar-refractivity contribution in [2.75, 3.05) is 6.61 Å². The molecule has 0 aromatic heterocycles. The van der Waals surface area contributed by atoms with Gasteiger partial charge in [-0.25, -0.2) is 4.39 Å². The van der Waals surface area contributed by atoms with Crippen molar-refractivity contribution in [1.29, 1.82) is 0 Å². The maximum absolute atomic E-state index is 13.5. The number of hydrogen-bond donors (Lipinski definition) is 2. The van der Waals surface area contributed by atoms with Gasteiger partial charge in [0.25, 0.3) is 0 Å². The molecule has 90 valence electrons. The molecule has 0 fully saturated rings. The van der Waals surface area contributed by atoms with Gasteiger partial charge in [0.1, 0.15) is 0 Å². The summed E-state index contributed by atoms with van der Waals surface area (Å²) in [4.78, 5) is 0. The lowest BCUT2D eigenvalue weighted by molar-refractivity contribution is 0.321. The van der Waals surface area contributed by atoms with Crippen LogP contribution in [-0.2, 0) is 0 Å². The van der Waals surface area contributed by atoms with E-state index < -0.39 is 0 Å². The first-order valence-electron chi connectivity index (χ1n) is 5.48. The maximum atomic E-state index is 13.5. The molecule has 1 aromatic rings. The topological polar surface area (TPSA) is 61.3 Å². The van der Waals surface area contributed by atoms with E-state index in [0.717, 1.165) is 5.56 Å². The van der Waals surface area contributed by atoms with E-state index in [2.05, 4.69) is 0 Å². The van der Waals surface area contributed by atoms with Crippen LogP contribution < -0.4 is 16.2 Å². The minimum absolute atomic E-state index is 0.00429. The predicted octanol–water partition coefficient (Wildman–Crippen LogP) is 1.96. The van der Waals surface area contributed by atoms with Gasteiger partial charge in [0, 0.05) is 12.1 Å². The van der Waals surface area contributed by atoms with Crippen LogP contribution >= 0.6 is 0 Å². The zero-order valence-electron chi connectivity index (χ0n) is 9.74. The highest BCUT2D eigenvalue weighted by atomic mass is 19.1. The molecule has 4 heteroatoms. The molecule has 0 saturated heterocycles. The molecule has 16 heavy (non-hydrogen) atoms. The SMILES string of the molecule is CCOc1ccc(C(N)CC(C)N)cc1F. The Hall–Kier alpha value is -1.13. The van der Waals surface area contributed by atoms with E-state index >= 15 is 0 Å². The Bertz CT molecular complexity index is 342. The van der Waals surface area contributed by atoms with Crippen molar-refractivity contribution in [3.63, 3.8) is 0 Å². The van der Waals surface area contributed by atoms with Crippen LogP contribution in [0.1, 0.15) is 31.9 Å². The molecule has 2 unspecified atom stereocenters. The molecule has 3 nitrogen and oxygen atoms in total. The molecule has 2 atom stereocenters. The number of nitrogens with two attached hydrogens (primary N) is 2. The normalized spacial score (nSPS) is 14.6. The lowest BCUT2D eigenvalue weighted by atomic mass is 10.0. The molecule has 0 aliphatic rings. The van der Waals surface area contributed by atoms with Crippen molar-refractivity contribution >= 4 is 0 Å². The molecular formula is C12H19FN2O. The fraction of sp³-hybridized carbons (Fsp3) is 0.500. The molecule has 0 spiro atoms. The van der Waals surface area contributed by atoms with Crippen molar-refractivity contribution in [2.45, 2.75) is 32.4 Å². The standard InChI is InChI=1S/C12H19FN2O/c1-3-16-12-5-4-9(7-10(12)13)11(15)6-8(2)14/h4-5,7-8,11H,3,6,14-15H2,1-2H3. The molecule has 0 amide bonds. The highest BCUT2D eigenvalue weighted by molar-refractivity contribution is 5.31. The highest BCUT2D eigenvalue weighted by Crippen LogP contribution is 2.23. The van der Waals surface area contributed by atoms with E-state index in [4.69, 9.17) is 16.2 Å². The van der Waals surface area contributed by atoms with E-state index in [9.17, 15) is 4.39 Å². The van der Waals surface area contributed by atoms with Crippen molar-refractivity contribution < 1.29 is 9.13 Å². The molecule has 4 N–H and O–H groups in total. The van der Waals surface area contributed by atoms with Crippen molar-refractivity contribution in [2.24, 2.45) is 11.5 Å². The summed E-state index contributed by atoms with van der Waals surface area (Å²) in [5, 5.41) is 0. The van der Waals surface area contributed by atoms with Crippen LogP contribution in [0.3, 0.4) is 0 Å². The van der Waals surface area contributed by atoms with Gasteiger partial charge in [-0.15, -0.1) is 0 Å². The van der Waals surface area contributed by atoms with Gasteiger partial charge in [-0.1, -0.05) is 6.07 Å². The maximum Gasteiger partial charge on any atom is 0.165 e. The van der Waals surface area contributed by atoms with E-state index in [1.54, 1.807) is 12.1 Å². The first kappa shape index (κ1) is 12.9. The van der Waals surface area contributed by atoms with Gasteiger partial charge in [0.2, 0.25) is 0 Å². The lowest BCUT2D eigenvalue weighted by Gasteiger charge is -2.15. The van der Waals surface area contributed by atoms with E-state index in [-0.39, 0.29) is 23.7 Å². The Morgan fingerprint density at radius 3 is 2.56 bits per heavy atom. The van der Waals surface area contributed by atoms with Crippen LogP contribution in [-0.4, -0.2) is 12.6 Å². The summed E-state index contributed by atoms with van der Waals surface area (Å²) >= 11 is 0. The Kier molecular flexibility index (Phi) is 4.71. The van der Waals surface area contributed by atoms with Gasteiger partial charge in [0.05, 0.1) is 6.61 Å². The van der Waals surface area contributed by atoms with Crippen LogP contribution in [0.2, 0.25) is 0 Å². The molecule has 0 aliphatic heterocycles. The number of halogens is 1. The average molecular weight is 226 g/mol. The van der Waals surface area contributed by atoms with Gasteiger partial charge in [-0.3, -0.25) is 0 Å². The zero-order chi connectivity index (χ0) is 12.1. The average Bonchev–Trinajstić information content (AvgIpc) is 2.20. The molecular weight excluding hydrogens is 207 g/mol. The van der Waals surface area contributed by atoms with Crippen LogP contribution in [0, 0.1) is 5.82 Å². The zero-order valence-corrected chi connectivity index (χ0v) is 9.74. The second kappa shape index (κ2) is 5.82. The molecule has 0 heterocycles. The number of benzene rings is 1. The lowest BCUT2D eigenvalue weighted by Crippen LogP contribution is -2.23. The Labute approximate surface area is 95.6 Å². The molecule has 1 rings (SSSR count). The van der Waals surface area contributed by atoms with E-state index in [1.807, 2.05) is 13.8 Å². The highest BCUT2D eigenvalue weighted by Gasteiger charge is 2.11. The Morgan fingerprint density at radius 1 is 1.38 bits per heavy atom. The van der Waals surface area contributed by atoms with Crippen molar-refractivity contribution in [3.05, 3.63) is 29.6 Å². The van der Waals surface area contributed by atoms with E-state index in [1.165, 1.54) is 6.07 Å². The quantitative estimate of drug-likeness (QED) is 0.806. The summed E-state index contributed by atoms with van der Waals surface area (Å²) in [5.74, 6) is -0.112. The predicted molar refractivity (Wildman–Crippen MR) is 62.8 cm³/mol. The first-order valence-corrected chi connectivity index (χ1v) is 5.48. The van der Waals surface area contributed by atoms with Gasteiger partial charge in [-0.2, -0.15) is 0 Å². The van der Waals surface area contributed by atoms with Gasteiger partial charge in [0.15, 0.2) is 11.6 Å². The summed E-state index contributed by atoms with van der Waals surface area (Å²) in [6.07, 6.45) is 0.632. The van der Waals surface area contributed by atoms with Crippen LogP contribution in [0.15, 0.2) is 18.2 Å². The van der Waals surface area contributed by atoms with Crippen LogP contribution in [0.4, 0.5) is 4.39 Å². The third-order valence-electron chi connectivity index (χ3n) is 2.31. The minimum Gasteiger partial charge on any atom is -0.491 e. The van der Waals surface area contributed by atoms with Crippen molar-refractivity contribution in [1.82, 2.24) is 0 Å². The number of hydrogen-bond acceptors (Lipinski definition) is 3. The Morgan fingerprint density at radius 2 is 2.06 bits per heavy atom. The third kappa shape index (κ3) is 3.47. The largest absolute Gasteiger partial charge is 0.491 e. The fourth-order valence-electron chi connectivity index (χ4n) is 1.56. The van der Waals surface area contributed by atoms with Gasteiger partial charge >= 0.3 is 0 Å². The van der Waals surface area contributed by atoms with Crippen LogP contribution in [0.25, 0.3) is 0 Å². The second-order valence-electron chi connectivity index (χ2n) is 3.94. The monoisotopic (exact) mass is 226 g/mol. The summed E-state index contributed by atoms with van der Waals surface area (Å²) < 4.78 is 18.6.